The first-order valence-electron chi connectivity index (χ1n) is 8.44. The molecule has 1 N–H and O–H groups in total. The molecule has 2 rings (SSSR count). The number of hydrogen-bond acceptors (Lipinski definition) is 5. The molecule has 7 heteroatoms. The molecular weight excluding hydrogens is 384 g/mol. The highest BCUT2D eigenvalue weighted by molar-refractivity contribution is 6.31. The van der Waals surface area contributed by atoms with Gasteiger partial charge in [-0.15, -0.1) is 0 Å². The van der Waals surface area contributed by atoms with Gasteiger partial charge in [-0.1, -0.05) is 11.6 Å². The summed E-state index contributed by atoms with van der Waals surface area (Å²) < 4.78 is 10.3. The third kappa shape index (κ3) is 4.70. The minimum atomic E-state index is -1.17. The lowest BCUT2D eigenvalue weighted by Crippen LogP contribution is -2.24. The van der Waals surface area contributed by atoms with Gasteiger partial charge in [0.1, 0.15) is 5.60 Å². The maximum absolute atomic E-state index is 12.8. The van der Waals surface area contributed by atoms with Crippen LogP contribution in [-0.2, 0) is 9.47 Å². The second-order valence-corrected chi connectivity index (χ2v) is 7.64. The van der Waals surface area contributed by atoms with Crippen LogP contribution in [0.2, 0.25) is 5.02 Å². The van der Waals surface area contributed by atoms with E-state index in [2.05, 4.69) is 0 Å². The molecular formula is C21H21ClO6. The van der Waals surface area contributed by atoms with Crippen LogP contribution in [-0.4, -0.2) is 35.7 Å². The molecule has 0 aliphatic rings. The average molecular weight is 405 g/mol. The monoisotopic (exact) mass is 404 g/mol. The van der Waals surface area contributed by atoms with Crippen molar-refractivity contribution >= 4 is 29.5 Å². The van der Waals surface area contributed by atoms with Crippen molar-refractivity contribution in [2.24, 2.45) is 0 Å². The predicted molar refractivity (Wildman–Crippen MR) is 105 cm³/mol. The van der Waals surface area contributed by atoms with Crippen LogP contribution in [0.5, 0.6) is 0 Å². The zero-order valence-electron chi connectivity index (χ0n) is 16.3. The predicted octanol–water partition coefficient (Wildman–Crippen LogP) is 4.76. The van der Waals surface area contributed by atoms with Gasteiger partial charge in [0.25, 0.3) is 0 Å². The zero-order chi connectivity index (χ0) is 21.2. The van der Waals surface area contributed by atoms with Gasteiger partial charge in [0, 0.05) is 5.02 Å². The van der Waals surface area contributed by atoms with E-state index in [9.17, 15) is 19.5 Å². The summed E-state index contributed by atoms with van der Waals surface area (Å²) in [5, 5.41) is 9.79. The van der Waals surface area contributed by atoms with Crippen molar-refractivity contribution in [3.05, 3.63) is 57.6 Å². The zero-order valence-corrected chi connectivity index (χ0v) is 17.0. The van der Waals surface area contributed by atoms with Gasteiger partial charge < -0.3 is 14.6 Å². The molecule has 0 heterocycles. The summed E-state index contributed by atoms with van der Waals surface area (Å²) in [5.41, 5.74) is 0.489. The number of methoxy groups -OCH3 is 1. The Balaban J connectivity index is 2.82. The first-order valence-corrected chi connectivity index (χ1v) is 8.82. The molecule has 0 fully saturated rings. The Morgan fingerprint density at radius 3 is 2.07 bits per heavy atom. The van der Waals surface area contributed by atoms with E-state index in [-0.39, 0.29) is 16.7 Å². The summed E-state index contributed by atoms with van der Waals surface area (Å²) in [7, 11) is 1.24. The molecule has 0 saturated heterocycles. The minimum absolute atomic E-state index is 0.0188. The number of carboxylic acid groups (broad SMARTS) is 1. The normalized spacial score (nSPS) is 11.1. The van der Waals surface area contributed by atoms with Crippen molar-refractivity contribution in [2.75, 3.05) is 7.11 Å². The molecule has 28 heavy (non-hydrogen) atoms. The molecule has 2 aromatic rings. The first kappa shape index (κ1) is 21.4. The van der Waals surface area contributed by atoms with Gasteiger partial charge in [0.2, 0.25) is 0 Å². The van der Waals surface area contributed by atoms with Crippen LogP contribution >= 0.6 is 11.6 Å². The van der Waals surface area contributed by atoms with Gasteiger partial charge in [-0.25, -0.2) is 14.4 Å². The number of carboxylic acids is 1. The Labute approximate surface area is 168 Å². The summed E-state index contributed by atoms with van der Waals surface area (Å²) in [5.74, 6) is -2.49. The van der Waals surface area contributed by atoms with E-state index >= 15 is 0 Å². The highest BCUT2D eigenvalue weighted by Gasteiger charge is 2.26. The standard InChI is InChI=1S/C21H21ClO6/c1-11-8-15(16-9-12(22)6-7-13(16)19(25)27-5)17(10-14(11)18(23)24)20(26)28-21(2,3)4/h6-10H,1-5H3,(H,23,24). The number of aryl methyl sites for hydroxylation is 1. The SMILES string of the molecule is COC(=O)c1ccc(Cl)cc1-c1cc(C)c(C(=O)O)cc1C(=O)OC(C)(C)C. The van der Waals surface area contributed by atoms with Crippen LogP contribution < -0.4 is 0 Å². The third-order valence-electron chi connectivity index (χ3n) is 3.89. The van der Waals surface area contributed by atoms with Crippen LogP contribution in [0.3, 0.4) is 0 Å². The minimum Gasteiger partial charge on any atom is -0.478 e. The number of esters is 2. The molecule has 0 spiro atoms. The summed E-state index contributed by atoms with van der Waals surface area (Å²) >= 11 is 6.11. The topological polar surface area (TPSA) is 89.9 Å². The Bertz CT molecular complexity index is 956. The summed E-state index contributed by atoms with van der Waals surface area (Å²) in [6.45, 7) is 6.72. The lowest BCUT2D eigenvalue weighted by molar-refractivity contribution is 0.00701. The van der Waals surface area contributed by atoms with E-state index in [0.29, 0.717) is 21.7 Å². The Hall–Kier alpha value is -2.86. The van der Waals surface area contributed by atoms with Gasteiger partial charge in [-0.3, -0.25) is 0 Å². The molecule has 0 unspecified atom stereocenters. The second kappa shape index (κ2) is 8.02. The lowest BCUT2D eigenvalue weighted by Gasteiger charge is -2.22. The molecule has 0 radical (unpaired) electrons. The smallest absolute Gasteiger partial charge is 0.339 e. The first-order chi connectivity index (χ1) is 12.9. The van der Waals surface area contributed by atoms with Gasteiger partial charge in [0.15, 0.2) is 0 Å². The summed E-state index contributed by atoms with van der Waals surface area (Å²) in [4.78, 5) is 36.6. The summed E-state index contributed by atoms with van der Waals surface area (Å²) in [6.07, 6.45) is 0. The van der Waals surface area contributed by atoms with Crippen molar-refractivity contribution in [1.29, 1.82) is 0 Å². The largest absolute Gasteiger partial charge is 0.478 e. The molecule has 0 saturated carbocycles. The molecule has 0 bridgehead atoms. The second-order valence-electron chi connectivity index (χ2n) is 7.20. The number of ether oxygens (including phenoxy) is 2. The molecule has 6 nitrogen and oxygen atoms in total. The molecule has 0 amide bonds. The fourth-order valence-corrected chi connectivity index (χ4v) is 2.86. The third-order valence-corrected chi connectivity index (χ3v) is 4.13. The number of carbonyl (C=O) groups excluding carboxylic acids is 2. The van der Waals surface area contributed by atoms with E-state index in [1.807, 2.05) is 0 Å². The maximum Gasteiger partial charge on any atom is 0.339 e. The van der Waals surface area contributed by atoms with E-state index in [0.717, 1.165) is 0 Å². The molecule has 0 atom stereocenters. The number of aromatic carboxylic acids is 1. The Morgan fingerprint density at radius 2 is 1.54 bits per heavy atom. The number of benzene rings is 2. The van der Waals surface area contributed by atoms with Gasteiger partial charge >= 0.3 is 17.9 Å². The highest BCUT2D eigenvalue weighted by Crippen LogP contribution is 2.33. The number of rotatable bonds is 4. The quantitative estimate of drug-likeness (QED) is 0.739. The number of carbonyl (C=O) groups is 3. The molecule has 0 aliphatic heterocycles. The van der Waals surface area contributed by atoms with Crippen LogP contribution in [0.4, 0.5) is 0 Å². The fourth-order valence-electron chi connectivity index (χ4n) is 2.69. The molecule has 2 aromatic carbocycles. The van der Waals surface area contributed by atoms with Crippen molar-refractivity contribution in [2.45, 2.75) is 33.3 Å². The van der Waals surface area contributed by atoms with Gasteiger partial charge in [0.05, 0.1) is 23.8 Å². The van der Waals surface area contributed by atoms with E-state index in [1.54, 1.807) is 27.7 Å². The molecule has 0 aliphatic carbocycles. The fraction of sp³-hybridized carbons (Fsp3) is 0.286. The Morgan fingerprint density at radius 1 is 0.929 bits per heavy atom. The van der Waals surface area contributed by atoms with E-state index in [1.165, 1.54) is 37.4 Å². The average Bonchev–Trinajstić information content (AvgIpc) is 2.58. The van der Waals surface area contributed by atoms with Crippen molar-refractivity contribution in [1.82, 2.24) is 0 Å². The highest BCUT2D eigenvalue weighted by atomic mass is 35.5. The molecule has 0 aromatic heterocycles. The van der Waals surface area contributed by atoms with Gasteiger partial charge in [-0.05, 0) is 74.7 Å². The van der Waals surface area contributed by atoms with Crippen molar-refractivity contribution in [3.63, 3.8) is 0 Å². The van der Waals surface area contributed by atoms with Crippen molar-refractivity contribution in [3.8, 4) is 11.1 Å². The van der Waals surface area contributed by atoms with Crippen LogP contribution in [0.25, 0.3) is 11.1 Å². The van der Waals surface area contributed by atoms with Gasteiger partial charge in [-0.2, -0.15) is 0 Å². The van der Waals surface area contributed by atoms with Crippen LogP contribution in [0.15, 0.2) is 30.3 Å². The lowest BCUT2D eigenvalue weighted by atomic mass is 9.91. The van der Waals surface area contributed by atoms with E-state index < -0.39 is 23.5 Å². The number of halogens is 1. The number of hydrogen-bond donors (Lipinski definition) is 1. The van der Waals surface area contributed by atoms with Crippen molar-refractivity contribution < 1.29 is 29.0 Å². The molecule has 148 valence electrons. The van der Waals surface area contributed by atoms with E-state index in [4.69, 9.17) is 21.1 Å². The summed E-state index contributed by atoms with van der Waals surface area (Å²) in [6, 6.07) is 7.33. The Kier molecular flexibility index (Phi) is 6.14. The van der Waals surface area contributed by atoms with Crippen LogP contribution in [0.1, 0.15) is 57.4 Å². The maximum atomic E-state index is 12.8. The van der Waals surface area contributed by atoms with Crippen LogP contribution in [0, 0.1) is 6.92 Å².